The van der Waals surface area contributed by atoms with Crippen molar-refractivity contribution in [1.29, 1.82) is 0 Å². The van der Waals surface area contributed by atoms with Crippen LogP contribution in [0, 0.1) is 12.7 Å². The summed E-state index contributed by atoms with van der Waals surface area (Å²) in [6.45, 7) is 8.06. The molecule has 2 aliphatic rings. The Morgan fingerprint density at radius 3 is 2.26 bits per heavy atom. The van der Waals surface area contributed by atoms with Crippen molar-refractivity contribution >= 4 is 28.9 Å². The van der Waals surface area contributed by atoms with E-state index in [1.165, 1.54) is 24.3 Å². The summed E-state index contributed by atoms with van der Waals surface area (Å²) in [5.74, 6) is -0.0471. The predicted octanol–water partition coefficient (Wildman–Crippen LogP) is 5.38. The van der Waals surface area contributed by atoms with Crippen molar-refractivity contribution in [3.8, 4) is 11.1 Å². The fourth-order valence-corrected chi connectivity index (χ4v) is 6.45. The Bertz CT molecular complexity index is 1790. The maximum Gasteiger partial charge on any atom is 0.317 e. The second kappa shape index (κ2) is 13.3. The summed E-state index contributed by atoms with van der Waals surface area (Å²) in [5.41, 5.74) is 3.42. The quantitative estimate of drug-likeness (QED) is 0.298. The lowest BCUT2D eigenvalue weighted by atomic mass is 9.99. The molecule has 46 heavy (non-hydrogen) atoms. The van der Waals surface area contributed by atoms with Crippen molar-refractivity contribution in [2.45, 2.75) is 64.6 Å². The summed E-state index contributed by atoms with van der Waals surface area (Å²) in [6.07, 6.45) is 4.42. The number of hydrogen-bond acceptors (Lipinski definition) is 6. The minimum atomic E-state index is -0.369. The minimum Gasteiger partial charge on any atom is -0.351 e. The number of nitrogens with zero attached hydrogens (tertiary/aromatic N) is 5. The highest BCUT2D eigenvalue weighted by molar-refractivity contribution is 5.94. The number of amides is 3. The van der Waals surface area contributed by atoms with Gasteiger partial charge in [-0.1, -0.05) is 24.3 Å². The molecule has 11 heteroatoms. The highest BCUT2D eigenvalue weighted by atomic mass is 19.1. The van der Waals surface area contributed by atoms with E-state index in [2.05, 4.69) is 15.6 Å². The van der Waals surface area contributed by atoms with Gasteiger partial charge in [0.1, 0.15) is 11.5 Å². The van der Waals surface area contributed by atoms with E-state index in [1.807, 2.05) is 60.6 Å². The molecule has 10 nitrogen and oxygen atoms in total. The Hall–Kier alpha value is -4.80. The summed E-state index contributed by atoms with van der Waals surface area (Å²) < 4.78 is 15.1. The number of likely N-dealkylation sites (tertiary alicyclic amines) is 2. The number of aromatic nitrogens is 3. The van der Waals surface area contributed by atoms with Crippen molar-refractivity contribution < 1.29 is 14.0 Å². The molecular weight excluding hydrogens is 585 g/mol. The number of benzene rings is 2. The standard InChI is InChI=1S/C35H40FN7O3/c1-22(2)38-35(46)42-18-14-28(15-19-42)43-31-25(20-30(33(43)45)29-7-5-4-6-23(29)3)21-37-34(40-31)39-27-12-16-41(17-13-27)32(44)24-8-10-26(36)11-9-24/h4-11,20-22,27-28H,12-19H2,1-3H3,(H,38,46)(H,37,39,40). The molecular formula is C35H40FN7O3. The van der Waals surface area contributed by atoms with E-state index in [0.717, 1.165) is 16.5 Å². The van der Waals surface area contributed by atoms with Gasteiger partial charge in [-0.3, -0.25) is 14.2 Å². The van der Waals surface area contributed by atoms with Gasteiger partial charge in [0.15, 0.2) is 0 Å². The van der Waals surface area contributed by atoms with Gasteiger partial charge in [0.2, 0.25) is 5.95 Å². The maximum atomic E-state index is 14.3. The highest BCUT2D eigenvalue weighted by Gasteiger charge is 2.28. The Morgan fingerprint density at radius 2 is 1.59 bits per heavy atom. The molecule has 4 aromatic rings. The lowest BCUT2D eigenvalue weighted by Gasteiger charge is -2.34. The molecule has 4 heterocycles. The monoisotopic (exact) mass is 625 g/mol. The third-order valence-electron chi connectivity index (χ3n) is 8.94. The molecule has 0 spiro atoms. The number of anilines is 1. The van der Waals surface area contributed by atoms with Crippen molar-refractivity contribution in [2.75, 3.05) is 31.5 Å². The van der Waals surface area contributed by atoms with Crippen molar-refractivity contribution in [3.63, 3.8) is 0 Å². The highest BCUT2D eigenvalue weighted by Crippen LogP contribution is 2.29. The van der Waals surface area contributed by atoms with E-state index < -0.39 is 0 Å². The SMILES string of the molecule is Cc1ccccc1-c1cc2cnc(NC3CCN(C(=O)c4ccc(F)cc4)CC3)nc2n(C2CCN(C(=O)NC(C)C)CC2)c1=O. The second-order valence-electron chi connectivity index (χ2n) is 12.6. The van der Waals surface area contributed by atoms with E-state index in [0.29, 0.717) is 74.6 Å². The Kier molecular flexibility index (Phi) is 9.01. The van der Waals surface area contributed by atoms with Crippen LogP contribution < -0.4 is 16.2 Å². The van der Waals surface area contributed by atoms with Crippen LogP contribution in [-0.2, 0) is 0 Å². The van der Waals surface area contributed by atoms with Gasteiger partial charge in [0.05, 0.1) is 0 Å². The molecule has 2 aliphatic heterocycles. The maximum absolute atomic E-state index is 14.3. The molecule has 2 saturated heterocycles. The van der Waals surface area contributed by atoms with E-state index >= 15 is 0 Å². The Morgan fingerprint density at radius 1 is 0.913 bits per heavy atom. The third-order valence-corrected chi connectivity index (χ3v) is 8.94. The lowest BCUT2D eigenvalue weighted by Crippen LogP contribution is -2.47. The van der Waals surface area contributed by atoms with Crippen molar-refractivity contribution in [2.24, 2.45) is 0 Å². The van der Waals surface area contributed by atoms with Gasteiger partial charge in [0.25, 0.3) is 11.5 Å². The van der Waals surface area contributed by atoms with Crippen LogP contribution in [0.3, 0.4) is 0 Å². The number of hydrogen-bond donors (Lipinski definition) is 2. The molecule has 2 aromatic heterocycles. The topological polar surface area (TPSA) is 112 Å². The van der Waals surface area contributed by atoms with Gasteiger partial charge < -0.3 is 20.4 Å². The summed E-state index contributed by atoms with van der Waals surface area (Å²) in [7, 11) is 0. The number of rotatable bonds is 6. The zero-order valence-electron chi connectivity index (χ0n) is 26.5. The molecule has 0 atom stereocenters. The summed E-state index contributed by atoms with van der Waals surface area (Å²) in [6, 6.07) is 15.2. The van der Waals surface area contributed by atoms with Crippen molar-refractivity contribution in [3.05, 3.63) is 88.1 Å². The first kappa shape index (κ1) is 31.2. The van der Waals surface area contributed by atoms with Crippen LogP contribution in [0.25, 0.3) is 22.2 Å². The minimum absolute atomic E-state index is 0.0452. The molecule has 240 valence electrons. The first-order valence-electron chi connectivity index (χ1n) is 16.0. The largest absolute Gasteiger partial charge is 0.351 e. The van der Waals surface area contributed by atoms with E-state index in [9.17, 15) is 18.8 Å². The average Bonchev–Trinajstić information content (AvgIpc) is 3.05. The third kappa shape index (κ3) is 6.59. The molecule has 0 bridgehead atoms. The van der Waals surface area contributed by atoms with Crippen LogP contribution in [0.4, 0.5) is 15.1 Å². The summed E-state index contributed by atoms with van der Waals surface area (Å²) in [4.78, 5) is 53.0. The van der Waals surface area contributed by atoms with Crippen LogP contribution in [0.2, 0.25) is 0 Å². The van der Waals surface area contributed by atoms with E-state index in [4.69, 9.17) is 4.98 Å². The Balaban J connectivity index is 1.25. The van der Waals surface area contributed by atoms with Crippen LogP contribution in [0.1, 0.15) is 61.5 Å². The van der Waals surface area contributed by atoms with Gasteiger partial charge in [-0.2, -0.15) is 4.98 Å². The van der Waals surface area contributed by atoms with Gasteiger partial charge in [-0.25, -0.2) is 14.2 Å². The van der Waals surface area contributed by atoms with Crippen LogP contribution >= 0.6 is 0 Å². The van der Waals surface area contributed by atoms with Gasteiger partial charge in [-0.05, 0) is 87.9 Å². The number of nitrogens with one attached hydrogen (secondary N) is 2. The number of aryl methyl sites for hydroxylation is 1. The number of urea groups is 1. The average molecular weight is 626 g/mol. The summed E-state index contributed by atoms with van der Waals surface area (Å²) in [5, 5.41) is 7.17. The normalized spacial score (nSPS) is 16.2. The molecule has 0 unspecified atom stereocenters. The molecule has 0 aliphatic carbocycles. The number of piperidine rings is 2. The fourth-order valence-electron chi connectivity index (χ4n) is 6.45. The number of fused-ring (bicyclic) bond motifs is 1. The number of pyridine rings is 1. The fraction of sp³-hybridized carbons (Fsp3) is 0.400. The first-order valence-corrected chi connectivity index (χ1v) is 16.0. The van der Waals surface area contributed by atoms with Crippen LogP contribution in [0.15, 0.2) is 65.6 Å². The summed E-state index contributed by atoms with van der Waals surface area (Å²) >= 11 is 0. The van der Waals surface area contributed by atoms with Crippen molar-refractivity contribution in [1.82, 2.24) is 29.7 Å². The molecule has 2 fully saturated rings. The lowest BCUT2D eigenvalue weighted by molar-refractivity contribution is 0.0718. The van der Waals surface area contributed by atoms with E-state index in [1.54, 1.807) is 11.1 Å². The van der Waals surface area contributed by atoms with Crippen LogP contribution in [-0.4, -0.2) is 74.5 Å². The van der Waals surface area contributed by atoms with E-state index in [-0.39, 0.29) is 41.4 Å². The predicted molar refractivity (Wildman–Crippen MR) is 176 cm³/mol. The number of halogens is 1. The molecule has 3 amide bonds. The molecule has 2 N–H and O–H groups in total. The van der Waals surface area contributed by atoms with Crippen LogP contribution in [0.5, 0.6) is 0 Å². The second-order valence-corrected chi connectivity index (χ2v) is 12.6. The number of carbonyl (C=O) groups is 2. The molecule has 2 aromatic carbocycles. The molecule has 0 saturated carbocycles. The zero-order valence-corrected chi connectivity index (χ0v) is 26.5. The van der Waals surface area contributed by atoms with Gasteiger partial charge in [-0.15, -0.1) is 0 Å². The van der Waals surface area contributed by atoms with Gasteiger partial charge in [0, 0.05) is 67.0 Å². The zero-order chi connectivity index (χ0) is 32.4. The number of carbonyl (C=O) groups excluding carboxylic acids is 2. The van der Waals surface area contributed by atoms with Gasteiger partial charge >= 0.3 is 6.03 Å². The first-order chi connectivity index (χ1) is 22.2. The molecule has 0 radical (unpaired) electrons. The Labute approximate surface area is 267 Å². The smallest absolute Gasteiger partial charge is 0.317 e. The molecule has 6 rings (SSSR count).